The summed E-state index contributed by atoms with van der Waals surface area (Å²) in [4.78, 5) is 27.8. The molecule has 2 aromatic carbocycles. The number of carbonyl (C=O) groups excluding carboxylic acids is 2. The van der Waals surface area contributed by atoms with Gasteiger partial charge in [-0.15, -0.1) is 0 Å². The molecule has 174 valence electrons. The summed E-state index contributed by atoms with van der Waals surface area (Å²) in [5, 5.41) is 3.00. The maximum atomic E-state index is 13.5. The summed E-state index contributed by atoms with van der Waals surface area (Å²) in [6.45, 7) is 0.475. The summed E-state index contributed by atoms with van der Waals surface area (Å²) in [7, 11) is 3.69. The van der Waals surface area contributed by atoms with Crippen molar-refractivity contribution in [2.24, 2.45) is 7.05 Å². The fraction of sp³-hybridized carbons (Fsp3) is 0.214. The van der Waals surface area contributed by atoms with Gasteiger partial charge in [0.25, 0.3) is 11.8 Å². The highest BCUT2D eigenvalue weighted by Gasteiger charge is 2.22. The van der Waals surface area contributed by atoms with E-state index < -0.39 is 0 Å². The molecule has 0 aliphatic rings. The molecular weight excluding hydrogens is 424 g/mol. The Bertz CT molecular complexity index is 1230. The second-order valence-corrected chi connectivity index (χ2v) is 8.45. The summed E-state index contributed by atoms with van der Waals surface area (Å²) in [6.07, 6.45) is 7.12. The van der Waals surface area contributed by atoms with E-state index in [-0.39, 0.29) is 17.9 Å². The van der Waals surface area contributed by atoms with Crippen LogP contribution in [-0.4, -0.2) is 45.5 Å². The normalized spacial score (nSPS) is 11.7. The third kappa shape index (κ3) is 5.46. The van der Waals surface area contributed by atoms with E-state index in [1.807, 2.05) is 97.9 Å². The predicted molar refractivity (Wildman–Crippen MR) is 134 cm³/mol. The number of nitrogens with one attached hydrogen (secondary N) is 1. The molecule has 0 spiro atoms. The van der Waals surface area contributed by atoms with Gasteiger partial charge in [0.05, 0.1) is 0 Å². The van der Waals surface area contributed by atoms with Crippen LogP contribution in [0.2, 0.25) is 0 Å². The second-order valence-electron chi connectivity index (χ2n) is 8.45. The average molecular weight is 455 g/mol. The van der Waals surface area contributed by atoms with Crippen molar-refractivity contribution >= 4 is 11.8 Å². The van der Waals surface area contributed by atoms with Crippen LogP contribution in [0.3, 0.4) is 0 Å². The Hall–Kier alpha value is -4.06. The number of carbonyl (C=O) groups is 2. The lowest BCUT2D eigenvalue weighted by molar-refractivity contribution is 0.0722. The number of amides is 2. The molecule has 0 radical (unpaired) electrons. The topological polar surface area (TPSA) is 59.3 Å². The molecule has 0 fully saturated rings. The Kier molecular flexibility index (Phi) is 7.28. The molecule has 6 nitrogen and oxygen atoms in total. The largest absolute Gasteiger partial charge is 0.351 e. The van der Waals surface area contributed by atoms with Gasteiger partial charge < -0.3 is 19.4 Å². The van der Waals surface area contributed by atoms with Crippen molar-refractivity contribution in [1.82, 2.24) is 19.4 Å². The molecule has 6 heteroatoms. The summed E-state index contributed by atoms with van der Waals surface area (Å²) in [5.41, 5.74) is 3.35. The lowest BCUT2D eigenvalue weighted by atomic mass is 10.0. The van der Waals surface area contributed by atoms with E-state index in [9.17, 15) is 9.59 Å². The van der Waals surface area contributed by atoms with E-state index in [0.717, 1.165) is 11.3 Å². The molecule has 2 heterocycles. The van der Waals surface area contributed by atoms with Gasteiger partial charge in [-0.1, -0.05) is 36.4 Å². The number of aromatic nitrogens is 2. The van der Waals surface area contributed by atoms with Crippen LogP contribution < -0.4 is 5.32 Å². The molecule has 0 aliphatic carbocycles. The fourth-order valence-corrected chi connectivity index (χ4v) is 4.13. The molecule has 0 aliphatic heterocycles. The van der Waals surface area contributed by atoms with Crippen molar-refractivity contribution in [2.45, 2.75) is 18.9 Å². The van der Waals surface area contributed by atoms with E-state index in [0.29, 0.717) is 30.6 Å². The lowest BCUT2D eigenvalue weighted by Gasteiger charge is -2.29. The third-order valence-corrected chi connectivity index (χ3v) is 6.12. The van der Waals surface area contributed by atoms with Crippen molar-refractivity contribution in [3.05, 3.63) is 114 Å². The summed E-state index contributed by atoms with van der Waals surface area (Å²) < 4.78 is 3.78. The zero-order valence-electron chi connectivity index (χ0n) is 19.6. The van der Waals surface area contributed by atoms with Crippen molar-refractivity contribution in [3.63, 3.8) is 0 Å². The van der Waals surface area contributed by atoms with Gasteiger partial charge in [0, 0.05) is 56.5 Å². The van der Waals surface area contributed by atoms with Crippen LogP contribution in [0.1, 0.15) is 32.8 Å². The molecule has 34 heavy (non-hydrogen) atoms. The molecule has 0 saturated heterocycles. The summed E-state index contributed by atoms with van der Waals surface area (Å²) >= 11 is 0. The van der Waals surface area contributed by atoms with Gasteiger partial charge in [0.1, 0.15) is 5.69 Å². The highest BCUT2D eigenvalue weighted by Crippen LogP contribution is 2.17. The zero-order chi connectivity index (χ0) is 23.9. The molecule has 2 amide bonds. The standard InChI is InChI=1S/C28H30N4O2/c1-30-17-9-14-26(30)27(33)29-16-15-24(20-22-10-4-3-5-11-22)31(2)28(34)23-12-8-13-25(21-23)32-18-6-7-19-32/h3-14,17-19,21,24H,15-16,20H2,1-2H3,(H,29,33). The average Bonchev–Trinajstić information content (AvgIpc) is 3.55. The van der Waals surface area contributed by atoms with Gasteiger partial charge in [-0.2, -0.15) is 0 Å². The molecule has 0 bridgehead atoms. The predicted octanol–water partition coefficient (Wildman–Crippen LogP) is 4.32. The zero-order valence-corrected chi connectivity index (χ0v) is 19.6. The molecule has 1 unspecified atom stereocenters. The first-order chi connectivity index (χ1) is 16.5. The Labute approximate surface area is 200 Å². The van der Waals surface area contributed by atoms with Crippen molar-refractivity contribution in [1.29, 1.82) is 0 Å². The number of benzene rings is 2. The van der Waals surface area contributed by atoms with Crippen LogP contribution in [0.4, 0.5) is 0 Å². The van der Waals surface area contributed by atoms with Crippen LogP contribution in [0.25, 0.3) is 5.69 Å². The highest BCUT2D eigenvalue weighted by molar-refractivity contribution is 5.95. The molecule has 0 saturated carbocycles. The van der Waals surface area contributed by atoms with Gasteiger partial charge in [0.2, 0.25) is 0 Å². The van der Waals surface area contributed by atoms with Crippen LogP contribution >= 0.6 is 0 Å². The molecule has 4 aromatic rings. The first kappa shape index (κ1) is 23.1. The van der Waals surface area contributed by atoms with E-state index in [2.05, 4.69) is 17.4 Å². The van der Waals surface area contributed by atoms with Crippen molar-refractivity contribution in [3.8, 4) is 5.69 Å². The quantitative estimate of drug-likeness (QED) is 0.410. The molecule has 4 rings (SSSR count). The van der Waals surface area contributed by atoms with E-state index >= 15 is 0 Å². The van der Waals surface area contributed by atoms with Gasteiger partial charge in [-0.05, 0) is 60.9 Å². The Morgan fingerprint density at radius 2 is 1.68 bits per heavy atom. The number of likely N-dealkylation sites (N-methyl/N-ethyl adjacent to an activating group) is 1. The maximum Gasteiger partial charge on any atom is 0.267 e. The van der Waals surface area contributed by atoms with Crippen LogP contribution in [0, 0.1) is 0 Å². The van der Waals surface area contributed by atoms with Crippen LogP contribution in [0.5, 0.6) is 0 Å². The van der Waals surface area contributed by atoms with Crippen LogP contribution in [0.15, 0.2) is 97.5 Å². The fourth-order valence-electron chi connectivity index (χ4n) is 4.13. The monoisotopic (exact) mass is 454 g/mol. The highest BCUT2D eigenvalue weighted by atomic mass is 16.2. The SMILES string of the molecule is CN(C(=O)c1cccc(-n2cccc2)c1)C(CCNC(=O)c1cccn1C)Cc1ccccc1. The van der Waals surface area contributed by atoms with Gasteiger partial charge in [-0.25, -0.2) is 0 Å². The molecular formula is C28H30N4O2. The smallest absolute Gasteiger partial charge is 0.267 e. The third-order valence-electron chi connectivity index (χ3n) is 6.12. The minimum atomic E-state index is -0.112. The second kappa shape index (κ2) is 10.7. The minimum Gasteiger partial charge on any atom is -0.351 e. The van der Waals surface area contributed by atoms with Crippen molar-refractivity contribution < 1.29 is 9.59 Å². The van der Waals surface area contributed by atoms with Gasteiger partial charge in [-0.3, -0.25) is 9.59 Å². The van der Waals surface area contributed by atoms with Gasteiger partial charge >= 0.3 is 0 Å². The maximum absolute atomic E-state index is 13.5. The lowest BCUT2D eigenvalue weighted by Crippen LogP contribution is -2.41. The number of rotatable bonds is 9. The Morgan fingerprint density at radius 3 is 2.38 bits per heavy atom. The number of nitrogens with zero attached hydrogens (tertiary/aromatic N) is 3. The van der Waals surface area contributed by atoms with E-state index in [1.165, 1.54) is 0 Å². The van der Waals surface area contributed by atoms with Crippen molar-refractivity contribution in [2.75, 3.05) is 13.6 Å². The molecule has 1 atom stereocenters. The number of aryl methyl sites for hydroxylation is 1. The number of hydrogen-bond acceptors (Lipinski definition) is 2. The Balaban J connectivity index is 1.48. The Morgan fingerprint density at radius 1 is 0.912 bits per heavy atom. The van der Waals surface area contributed by atoms with E-state index in [1.54, 1.807) is 15.5 Å². The first-order valence-corrected chi connectivity index (χ1v) is 11.5. The molecule has 2 aromatic heterocycles. The number of hydrogen-bond donors (Lipinski definition) is 1. The summed E-state index contributed by atoms with van der Waals surface area (Å²) in [5.74, 6) is -0.150. The van der Waals surface area contributed by atoms with Gasteiger partial charge in [0.15, 0.2) is 0 Å². The van der Waals surface area contributed by atoms with Crippen LogP contribution in [-0.2, 0) is 13.5 Å². The minimum absolute atomic E-state index is 0.0382. The molecule has 1 N–H and O–H groups in total. The summed E-state index contributed by atoms with van der Waals surface area (Å²) in [6, 6.07) is 25.3. The first-order valence-electron chi connectivity index (χ1n) is 11.5. The van der Waals surface area contributed by atoms with E-state index in [4.69, 9.17) is 0 Å².